The Hall–Kier alpha value is -1.30. The van der Waals surface area contributed by atoms with Gasteiger partial charge in [0.1, 0.15) is 12.6 Å². The number of hydrogen-bond donors (Lipinski definition) is 1. The van der Waals surface area contributed by atoms with Gasteiger partial charge in [0.25, 0.3) is 0 Å². The summed E-state index contributed by atoms with van der Waals surface area (Å²) < 4.78 is 4.69. The molecular formula is C9H15N3O3. The number of carbonyl (C=O) groups is 2. The van der Waals surface area contributed by atoms with E-state index in [-0.39, 0.29) is 12.5 Å². The number of ether oxygens (including phenoxy) is 1. The number of nitrogens with one attached hydrogen (secondary N) is 1. The Bertz CT molecular complexity index is 274. The van der Waals surface area contributed by atoms with E-state index in [2.05, 4.69) is 10.2 Å². The molecule has 6 nitrogen and oxygen atoms in total. The summed E-state index contributed by atoms with van der Waals surface area (Å²) in [5, 5.41) is 2.50. The maximum atomic E-state index is 11.9. The van der Waals surface area contributed by atoms with E-state index in [1.54, 1.807) is 4.90 Å². The molecule has 0 aromatic heterocycles. The quantitative estimate of drug-likeness (QED) is 0.598. The van der Waals surface area contributed by atoms with Gasteiger partial charge in [-0.1, -0.05) is 0 Å². The number of piperazine rings is 1. The van der Waals surface area contributed by atoms with Crippen LogP contribution >= 0.6 is 0 Å². The fourth-order valence-corrected chi connectivity index (χ4v) is 1.76. The van der Waals surface area contributed by atoms with Crippen LogP contribution in [0, 0.1) is 0 Å². The van der Waals surface area contributed by atoms with Crippen molar-refractivity contribution < 1.29 is 14.3 Å². The largest absolute Gasteiger partial charge is 0.447 e. The molecule has 2 aliphatic heterocycles. The van der Waals surface area contributed by atoms with Gasteiger partial charge in [-0.3, -0.25) is 4.79 Å². The average Bonchev–Trinajstić information content (AvgIpc) is 2.65. The van der Waals surface area contributed by atoms with E-state index in [0.29, 0.717) is 0 Å². The minimum atomic E-state index is -0.498. The van der Waals surface area contributed by atoms with Gasteiger partial charge in [0.2, 0.25) is 5.91 Å². The predicted octanol–water partition coefficient (Wildman–Crippen LogP) is -1.13. The van der Waals surface area contributed by atoms with E-state index in [4.69, 9.17) is 4.74 Å². The number of amides is 2. The molecule has 84 valence electrons. The van der Waals surface area contributed by atoms with Crippen LogP contribution in [0.4, 0.5) is 4.79 Å². The monoisotopic (exact) mass is 213 g/mol. The number of carbonyl (C=O) groups excluding carboxylic acids is 2. The van der Waals surface area contributed by atoms with Gasteiger partial charge in [-0.2, -0.15) is 0 Å². The lowest BCUT2D eigenvalue weighted by Gasteiger charge is -2.33. The van der Waals surface area contributed by atoms with Crippen LogP contribution in [0.1, 0.15) is 0 Å². The SMILES string of the molecule is CN1CCN(C(=O)C2COC(=O)N2)CC1. The van der Waals surface area contributed by atoms with Crippen molar-refractivity contribution in [2.24, 2.45) is 0 Å². The summed E-state index contributed by atoms with van der Waals surface area (Å²) in [5.74, 6) is -0.0334. The van der Waals surface area contributed by atoms with Crippen LogP contribution in [0.3, 0.4) is 0 Å². The zero-order chi connectivity index (χ0) is 10.8. The van der Waals surface area contributed by atoms with E-state index in [9.17, 15) is 9.59 Å². The van der Waals surface area contributed by atoms with Crippen molar-refractivity contribution in [1.29, 1.82) is 0 Å². The Morgan fingerprint density at radius 3 is 2.60 bits per heavy atom. The first-order valence-corrected chi connectivity index (χ1v) is 5.07. The lowest BCUT2D eigenvalue weighted by atomic mass is 10.2. The van der Waals surface area contributed by atoms with Crippen LogP contribution in [0.5, 0.6) is 0 Å². The summed E-state index contributed by atoms with van der Waals surface area (Å²) in [6.07, 6.45) is -0.498. The highest BCUT2D eigenvalue weighted by Gasteiger charge is 2.33. The topological polar surface area (TPSA) is 61.9 Å². The van der Waals surface area contributed by atoms with Crippen LogP contribution in [0.25, 0.3) is 0 Å². The Labute approximate surface area is 88.2 Å². The number of hydrogen-bond acceptors (Lipinski definition) is 4. The van der Waals surface area contributed by atoms with Crippen LogP contribution < -0.4 is 5.32 Å². The van der Waals surface area contributed by atoms with Gasteiger partial charge in [-0.15, -0.1) is 0 Å². The van der Waals surface area contributed by atoms with E-state index < -0.39 is 12.1 Å². The smallest absolute Gasteiger partial charge is 0.407 e. The summed E-state index contributed by atoms with van der Waals surface area (Å²) in [7, 11) is 2.03. The molecule has 1 unspecified atom stereocenters. The molecule has 0 aliphatic carbocycles. The van der Waals surface area contributed by atoms with Crippen LogP contribution in [0.15, 0.2) is 0 Å². The second kappa shape index (κ2) is 4.06. The highest BCUT2D eigenvalue weighted by atomic mass is 16.6. The molecule has 0 aromatic carbocycles. The third-order valence-electron chi connectivity index (χ3n) is 2.79. The number of alkyl carbamates (subject to hydrolysis) is 1. The van der Waals surface area contributed by atoms with Gasteiger partial charge >= 0.3 is 6.09 Å². The molecule has 0 saturated carbocycles. The Kier molecular flexibility index (Phi) is 2.77. The van der Waals surface area contributed by atoms with E-state index in [1.807, 2.05) is 7.05 Å². The Morgan fingerprint density at radius 1 is 1.40 bits per heavy atom. The van der Waals surface area contributed by atoms with Crippen LogP contribution in [-0.4, -0.2) is 67.7 Å². The number of likely N-dealkylation sites (N-methyl/N-ethyl adjacent to an activating group) is 1. The minimum absolute atomic E-state index is 0.0334. The molecule has 6 heteroatoms. The number of rotatable bonds is 1. The van der Waals surface area contributed by atoms with E-state index >= 15 is 0 Å². The van der Waals surface area contributed by atoms with Crippen molar-refractivity contribution in [3.05, 3.63) is 0 Å². The molecule has 0 aromatic rings. The molecule has 0 spiro atoms. The highest BCUT2D eigenvalue weighted by Crippen LogP contribution is 2.06. The Balaban J connectivity index is 1.88. The summed E-state index contributed by atoms with van der Waals surface area (Å²) in [4.78, 5) is 26.6. The van der Waals surface area contributed by atoms with Gasteiger partial charge in [0.15, 0.2) is 0 Å². The summed E-state index contributed by atoms with van der Waals surface area (Å²) in [6.45, 7) is 3.37. The molecule has 15 heavy (non-hydrogen) atoms. The van der Waals surface area contributed by atoms with Gasteiger partial charge < -0.3 is 19.9 Å². The predicted molar refractivity (Wildman–Crippen MR) is 52.3 cm³/mol. The van der Waals surface area contributed by atoms with E-state index in [0.717, 1.165) is 26.2 Å². The van der Waals surface area contributed by atoms with Crippen molar-refractivity contribution in [3.63, 3.8) is 0 Å². The summed E-state index contributed by atoms with van der Waals surface area (Å²) >= 11 is 0. The minimum Gasteiger partial charge on any atom is -0.447 e. The molecule has 2 heterocycles. The highest BCUT2D eigenvalue weighted by molar-refractivity contribution is 5.87. The average molecular weight is 213 g/mol. The van der Waals surface area contributed by atoms with Crippen molar-refractivity contribution in [1.82, 2.24) is 15.1 Å². The first kappa shape index (κ1) is 10.2. The maximum Gasteiger partial charge on any atom is 0.407 e. The molecule has 2 saturated heterocycles. The Morgan fingerprint density at radius 2 is 2.07 bits per heavy atom. The molecule has 0 bridgehead atoms. The molecule has 2 amide bonds. The fourth-order valence-electron chi connectivity index (χ4n) is 1.76. The van der Waals surface area contributed by atoms with E-state index in [1.165, 1.54) is 0 Å². The zero-order valence-corrected chi connectivity index (χ0v) is 8.73. The van der Waals surface area contributed by atoms with Crippen molar-refractivity contribution in [2.75, 3.05) is 39.8 Å². The third kappa shape index (κ3) is 2.20. The molecular weight excluding hydrogens is 198 g/mol. The van der Waals surface area contributed by atoms with Crippen molar-refractivity contribution >= 4 is 12.0 Å². The number of nitrogens with zero attached hydrogens (tertiary/aromatic N) is 2. The van der Waals surface area contributed by atoms with Gasteiger partial charge in [0, 0.05) is 26.2 Å². The first-order valence-electron chi connectivity index (χ1n) is 5.07. The first-order chi connectivity index (χ1) is 7.16. The van der Waals surface area contributed by atoms with Gasteiger partial charge in [0.05, 0.1) is 0 Å². The zero-order valence-electron chi connectivity index (χ0n) is 8.73. The van der Waals surface area contributed by atoms with Gasteiger partial charge in [-0.25, -0.2) is 4.79 Å². The van der Waals surface area contributed by atoms with Crippen LogP contribution in [-0.2, 0) is 9.53 Å². The molecule has 2 aliphatic rings. The van der Waals surface area contributed by atoms with Crippen molar-refractivity contribution in [3.8, 4) is 0 Å². The lowest BCUT2D eigenvalue weighted by molar-refractivity contribution is -0.134. The molecule has 1 atom stereocenters. The second-order valence-electron chi connectivity index (χ2n) is 3.92. The second-order valence-corrected chi connectivity index (χ2v) is 3.92. The fraction of sp³-hybridized carbons (Fsp3) is 0.778. The van der Waals surface area contributed by atoms with Gasteiger partial charge in [-0.05, 0) is 7.05 Å². The molecule has 2 fully saturated rings. The standard InChI is InChI=1S/C9H15N3O3/c1-11-2-4-12(5-3-11)8(13)7-6-15-9(14)10-7/h7H,2-6H2,1H3,(H,10,14). The summed E-state index contributed by atoms with van der Waals surface area (Å²) in [6, 6.07) is -0.485. The number of cyclic esters (lactones) is 1. The molecule has 0 radical (unpaired) electrons. The summed E-state index contributed by atoms with van der Waals surface area (Å²) in [5.41, 5.74) is 0. The molecule has 2 rings (SSSR count). The maximum absolute atomic E-state index is 11.9. The normalized spacial score (nSPS) is 27.4. The van der Waals surface area contributed by atoms with Crippen molar-refractivity contribution in [2.45, 2.75) is 6.04 Å². The third-order valence-corrected chi connectivity index (χ3v) is 2.79. The lowest BCUT2D eigenvalue weighted by Crippen LogP contribution is -2.52. The molecule has 1 N–H and O–H groups in total. The van der Waals surface area contributed by atoms with Crippen LogP contribution in [0.2, 0.25) is 0 Å².